The summed E-state index contributed by atoms with van der Waals surface area (Å²) in [6.45, 7) is 5.42. The third-order valence-corrected chi connectivity index (χ3v) is 3.48. The molecular weight excluding hydrogens is 244 g/mol. The zero-order valence-electron chi connectivity index (χ0n) is 11.2. The molecule has 0 unspecified atom stereocenters. The first-order chi connectivity index (χ1) is 8.76. The summed E-state index contributed by atoms with van der Waals surface area (Å²) in [5.41, 5.74) is 3.64. The Morgan fingerprint density at radius 3 is 2.83 bits per heavy atom. The van der Waals surface area contributed by atoms with Gasteiger partial charge in [-0.2, -0.15) is 0 Å². The number of rotatable bonds is 6. The van der Waals surface area contributed by atoms with Gasteiger partial charge in [0.05, 0.1) is 11.0 Å². The Labute approximate surface area is 114 Å². The van der Waals surface area contributed by atoms with Crippen LogP contribution in [0, 0.1) is 6.92 Å². The van der Waals surface area contributed by atoms with Crippen LogP contribution >= 0.6 is 11.6 Å². The van der Waals surface area contributed by atoms with Gasteiger partial charge in [0.25, 0.3) is 0 Å². The summed E-state index contributed by atoms with van der Waals surface area (Å²) < 4.78 is 2.35. The average Bonchev–Trinajstić information content (AvgIpc) is 2.68. The molecule has 98 valence electrons. The summed E-state index contributed by atoms with van der Waals surface area (Å²) in [5.74, 6) is 1.76. The van der Waals surface area contributed by atoms with Crippen molar-refractivity contribution < 1.29 is 0 Å². The van der Waals surface area contributed by atoms with Crippen molar-refractivity contribution in [3.63, 3.8) is 0 Å². The van der Waals surface area contributed by atoms with Crippen LogP contribution in [0.4, 0.5) is 0 Å². The van der Waals surface area contributed by atoms with Gasteiger partial charge >= 0.3 is 0 Å². The molecule has 1 heterocycles. The lowest BCUT2D eigenvalue weighted by molar-refractivity contribution is 0.594. The molecule has 0 amide bonds. The van der Waals surface area contributed by atoms with Gasteiger partial charge in [0, 0.05) is 18.8 Å². The first kappa shape index (κ1) is 13.4. The fourth-order valence-electron chi connectivity index (χ4n) is 2.33. The van der Waals surface area contributed by atoms with Crippen molar-refractivity contribution >= 4 is 22.6 Å². The van der Waals surface area contributed by atoms with Crippen molar-refractivity contribution in [2.24, 2.45) is 0 Å². The molecule has 0 radical (unpaired) electrons. The molecule has 0 fully saturated rings. The van der Waals surface area contributed by atoms with E-state index in [4.69, 9.17) is 16.6 Å². The lowest BCUT2D eigenvalue weighted by Crippen LogP contribution is -2.05. The highest BCUT2D eigenvalue weighted by molar-refractivity contribution is 6.17. The molecule has 2 aromatic rings. The second-order valence-corrected chi connectivity index (χ2v) is 5.20. The molecule has 0 saturated heterocycles. The Hall–Kier alpha value is -1.02. The van der Waals surface area contributed by atoms with Crippen LogP contribution in [0.3, 0.4) is 0 Å². The van der Waals surface area contributed by atoms with Gasteiger partial charge in [-0.3, -0.25) is 0 Å². The Kier molecular flexibility index (Phi) is 4.65. The number of aromatic nitrogens is 2. The molecule has 2 rings (SSSR count). The zero-order chi connectivity index (χ0) is 13.0. The van der Waals surface area contributed by atoms with Gasteiger partial charge in [-0.15, -0.1) is 11.6 Å². The van der Waals surface area contributed by atoms with Gasteiger partial charge in [0.1, 0.15) is 5.82 Å². The quantitative estimate of drug-likeness (QED) is 0.561. The molecule has 0 spiro atoms. The maximum atomic E-state index is 5.87. The normalized spacial score (nSPS) is 11.3. The zero-order valence-corrected chi connectivity index (χ0v) is 12.0. The molecule has 0 N–H and O–H groups in total. The van der Waals surface area contributed by atoms with E-state index >= 15 is 0 Å². The number of hydrogen-bond acceptors (Lipinski definition) is 1. The summed E-state index contributed by atoms with van der Waals surface area (Å²) >= 11 is 5.87. The van der Waals surface area contributed by atoms with E-state index in [1.165, 1.54) is 30.3 Å². The molecular formula is C15H21ClN2. The molecule has 0 bridgehead atoms. The highest BCUT2D eigenvalue weighted by atomic mass is 35.5. The van der Waals surface area contributed by atoms with E-state index in [2.05, 4.69) is 36.6 Å². The summed E-state index contributed by atoms with van der Waals surface area (Å²) in [7, 11) is 0. The number of alkyl halides is 1. The molecule has 0 aliphatic rings. The minimum absolute atomic E-state index is 0.635. The van der Waals surface area contributed by atoms with Crippen LogP contribution in [0.25, 0.3) is 11.0 Å². The van der Waals surface area contributed by atoms with E-state index in [0.29, 0.717) is 5.88 Å². The summed E-state index contributed by atoms with van der Waals surface area (Å²) in [6, 6.07) is 6.46. The monoisotopic (exact) mass is 264 g/mol. The van der Waals surface area contributed by atoms with E-state index in [1.54, 1.807) is 0 Å². The third-order valence-electron chi connectivity index (χ3n) is 3.29. The first-order valence-corrected chi connectivity index (χ1v) is 7.31. The summed E-state index contributed by atoms with van der Waals surface area (Å²) in [4.78, 5) is 4.70. The Balaban J connectivity index is 2.36. The number of hydrogen-bond donors (Lipinski definition) is 0. The molecule has 0 saturated carbocycles. The van der Waals surface area contributed by atoms with Gasteiger partial charge in [-0.1, -0.05) is 25.8 Å². The van der Waals surface area contributed by atoms with E-state index < -0.39 is 0 Å². The Bertz CT molecular complexity index is 516. The molecule has 0 aliphatic carbocycles. The van der Waals surface area contributed by atoms with E-state index in [-0.39, 0.29) is 0 Å². The second kappa shape index (κ2) is 6.24. The fraction of sp³-hybridized carbons (Fsp3) is 0.533. The van der Waals surface area contributed by atoms with Crippen LogP contribution < -0.4 is 0 Å². The fourth-order valence-corrected chi connectivity index (χ4v) is 2.50. The lowest BCUT2D eigenvalue weighted by atomic mass is 10.2. The standard InChI is InChI=1S/C15H21ClN2/c1-3-4-5-10-18-14-11-12(2)6-7-13(14)17-15(18)8-9-16/h6-7,11H,3-5,8-10H2,1-2H3. The number of unbranched alkanes of at least 4 members (excludes halogenated alkanes) is 2. The number of imidazole rings is 1. The van der Waals surface area contributed by atoms with Crippen molar-refractivity contribution in [3.8, 4) is 0 Å². The number of aryl methyl sites for hydroxylation is 3. The van der Waals surface area contributed by atoms with Crippen LogP contribution in [-0.2, 0) is 13.0 Å². The van der Waals surface area contributed by atoms with Crippen LogP contribution in [0.2, 0.25) is 0 Å². The van der Waals surface area contributed by atoms with E-state index in [9.17, 15) is 0 Å². The lowest BCUT2D eigenvalue weighted by Gasteiger charge is -2.08. The minimum Gasteiger partial charge on any atom is -0.328 e. The van der Waals surface area contributed by atoms with Crippen LogP contribution in [0.15, 0.2) is 18.2 Å². The van der Waals surface area contributed by atoms with E-state index in [0.717, 1.165) is 24.3 Å². The largest absolute Gasteiger partial charge is 0.328 e. The minimum atomic E-state index is 0.635. The van der Waals surface area contributed by atoms with Crippen molar-refractivity contribution in [2.75, 3.05) is 5.88 Å². The molecule has 18 heavy (non-hydrogen) atoms. The van der Waals surface area contributed by atoms with Crippen molar-refractivity contribution in [1.82, 2.24) is 9.55 Å². The van der Waals surface area contributed by atoms with Crippen molar-refractivity contribution in [1.29, 1.82) is 0 Å². The number of halogens is 1. The smallest absolute Gasteiger partial charge is 0.111 e. The van der Waals surface area contributed by atoms with Crippen LogP contribution in [0.5, 0.6) is 0 Å². The predicted octanol–water partition coefficient (Wildman–Crippen LogP) is 4.32. The van der Waals surface area contributed by atoms with Gasteiger partial charge in [-0.25, -0.2) is 4.98 Å². The topological polar surface area (TPSA) is 17.8 Å². The van der Waals surface area contributed by atoms with Gasteiger partial charge in [0.15, 0.2) is 0 Å². The highest BCUT2D eigenvalue weighted by Gasteiger charge is 2.09. The predicted molar refractivity (Wildman–Crippen MR) is 78.4 cm³/mol. The molecule has 0 atom stereocenters. The Morgan fingerprint density at radius 1 is 1.28 bits per heavy atom. The summed E-state index contributed by atoms with van der Waals surface area (Å²) in [5, 5.41) is 0. The molecule has 2 nitrogen and oxygen atoms in total. The third kappa shape index (κ3) is 2.86. The number of fused-ring (bicyclic) bond motifs is 1. The summed E-state index contributed by atoms with van der Waals surface area (Å²) in [6.07, 6.45) is 4.58. The van der Waals surface area contributed by atoms with Gasteiger partial charge < -0.3 is 4.57 Å². The number of benzene rings is 1. The first-order valence-electron chi connectivity index (χ1n) is 6.78. The maximum Gasteiger partial charge on any atom is 0.111 e. The second-order valence-electron chi connectivity index (χ2n) is 4.82. The average molecular weight is 265 g/mol. The highest BCUT2D eigenvalue weighted by Crippen LogP contribution is 2.19. The Morgan fingerprint density at radius 2 is 2.11 bits per heavy atom. The number of nitrogens with zero attached hydrogens (tertiary/aromatic N) is 2. The van der Waals surface area contributed by atoms with Crippen molar-refractivity contribution in [2.45, 2.75) is 46.1 Å². The van der Waals surface area contributed by atoms with Crippen LogP contribution in [-0.4, -0.2) is 15.4 Å². The van der Waals surface area contributed by atoms with Crippen LogP contribution in [0.1, 0.15) is 37.6 Å². The maximum absolute atomic E-state index is 5.87. The molecule has 0 aliphatic heterocycles. The molecule has 1 aromatic heterocycles. The van der Waals surface area contributed by atoms with Gasteiger partial charge in [-0.05, 0) is 31.0 Å². The van der Waals surface area contributed by atoms with Crippen molar-refractivity contribution in [3.05, 3.63) is 29.6 Å². The molecule has 1 aromatic carbocycles. The SMILES string of the molecule is CCCCCn1c(CCCl)nc2ccc(C)cc21. The van der Waals surface area contributed by atoms with E-state index in [1.807, 2.05) is 0 Å². The van der Waals surface area contributed by atoms with Gasteiger partial charge in [0.2, 0.25) is 0 Å². The molecule has 3 heteroatoms.